The Bertz CT molecular complexity index is 1030. The fourth-order valence-corrected chi connectivity index (χ4v) is 5.07. The Morgan fingerprint density at radius 3 is 2.62 bits per heavy atom. The molecule has 0 saturated carbocycles. The van der Waals surface area contributed by atoms with Crippen molar-refractivity contribution in [3.8, 4) is 0 Å². The number of hydrogen-bond donors (Lipinski definition) is 1. The molecular weight excluding hydrogens is 371 g/mol. The van der Waals surface area contributed by atoms with Crippen molar-refractivity contribution in [1.82, 2.24) is 0 Å². The number of thiophene rings is 1. The zero-order chi connectivity index (χ0) is 18.1. The molecule has 1 N–H and O–H groups in total. The monoisotopic (exact) mass is 388 g/mol. The van der Waals surface area contributed by atoms with Crippen molar-refractivity contribution in [3.63, 3.8) is 0 Å². The van der Waals surface area contributed by atoms with Gasteiger partial charge in [0.2, 0.25) is 0 Å². The zero-order valence-electron chi connectivity index (χ0n) is 13.9. The summed E-state index contributed by atoms with van der Waals surface area (Å²) < 4.78 is 41.0. The maximum absolute atomic E-state index is 13.1. The lowest BCUT2D eigenvalue weighted by Crippen LogP contribution is -2.30. The average molecular weight is 388 g/mol. The van der Waals surface area contributed by atoms with Gasteiger partial charge in [-0.1, -0.05) is 12.1 Å². The summed E-state index contributed by atoms with van der Waals surface area (Å²) in [6.07, 6.45) is 0.950. The molecule has 0 atom stereocenters. The maximum atomic E-state index is 13.1. The van der Waals surface area contributed by atoms with Crippen LogP contribution >= 0.6 is 11.3 Å². The Balaban J connectivity index is 1.63. The minimum absolute atomic E-state index is 0.0347. The lowest BCUT2D eigenvalue weighted by molar-refractivity contribution is 0.599. The molecule has 4 rings (SSSR count). The molecule has 3 aromatic rings. The molecule has 1 aromatic heterocycles. The van der Waals surface area contributed by atoms with Crippen LogP contribution in [0.4, 0.5) is 15.8 Å². The molecule has 2 aromatic carbocycles. The van der Waals surface area contributed by atoms with E-state index in [1.807, 2.05) is 12.1 Å². The maximum Gasteiger partial charge on any atom is 0.261 e. The molecule has 4 nitrogen and oxygen atoms in total. The molecule has 0 aliphatic carbocycles. The van der Waals surface area contributed by atoms with Crippen molar-refractivity contribution in [2.24, 2.45) is 0 Å². The minimum atomic E-state index is -3.78. The number of sulfonamides is 1. The van der Waals surface area contributed by atoms with E-state index in [1.165, 1.54) is 22.6 Å². The van der Waals surface area contributed by atoms with E-state index in [1.54, 1.807) is 23.5 Å². The Labute approximate surface area is 156 Å². The molecule has 0 saturated heterocycles. The lowest BCUT2D eigenvalue weighted by atomic mass is 10.1. The predicted molar refractivity (Wildman–Crippen MR) is 103 cm³/mol. The number of nitrogens with one attached hydrogen (secondary N) is 1. The Morgan fingerprint density at radius 1 is 1.04 bits per heavy atom. The van der Waals surface area contributed by atoms with Crippen LogP contribution in [0.5, 0.6) is 0 Å². The summed E-state index contributed by atoms with van der Waals surface area (Å²) in [5.74, 6) is -0.468. The van der Waals surface area contributed by atoms with Gasteiger partial charge in [-0.25, -0.2) is 12.8 Å². The van der Waals surface area contributed by atoms with Crippen LogP contribution in [0.1, 0.15) is 10.4 Å². The Hall–Kier alpha value is -2.38. The van der Waals surface area contributed by atoms with Crippen molar-refractivity contribution >= 4 is 32.7 Å². The molecule has 0 unspecified atom stereocenters. The topological polar surface area (TPSA) is 49.4 Å². The number of hydrogen-bond acceptors (Lipinski definition) is 4. The van der Waals surface area contributed by atoms with Crippen LogP contribution in [-0.2, 0) is 23.0 Å². The second kappa shape index (κ2) is 6.74. The van der Waals surface area contributed by atoms with Gasteiger partial charge in [0, 0.05) is 18.0 Å². The Morgan fingerprint density at radius 2 is 1.81 bits per heavy atom. The molecule has 1 aliphatic rings. The highest BCUT2D eigenvalue weighted by Crippen LogP contribution is 2.33. The Kier molecular flexibility index (Phi) is 4.42. The molecule has 26 heavy (non-hydrogen) atoms. The number of para-hydroxylation sites is 2. The van der Waals surface area contributed by atoms with E-state index in [2.05, 4.69) is 21.1 Å². The molecule has 0 radical (unpaired) electrons. The first-order valence-corrected chi connectivity index (χ1v) is 10.6. The lowest BCUT2D eigenvalue weighted by Gasteiger charge is -2.30. The number of rotatable bonds is 4. The predicted octanol–water partition coefficient (Wildman–Crippen LogP) is 4.25. The van der Waals surface area contributed by atoms with Crippen molar-refractivity contribution in [2.45, 2.75) is 17.9 Å². The first kappa shape index (κ1) is 17.1. The molecule has 1 aliphatic heterocycles. The minimum Gasteiger partial charge on any atom is -0.365 e. The van der Waals surface area contributed by atoms with E-state index < -0.39 is 15.8 Å². The van der Waals surface area contributed by atoms with E-state index in [9.17, 15) is 12.8 Å². The van der Waals surface area contributed by atoms with Crippen molar-refractivity contribution in [3.05, 3.63) is 76.2 Å². The third-order valence-corrected chi connectivity index (χ3v) is 6.83. The van der Waals surface area contributed by atoms with Crippen LogP contribution in [0.15, 0.2) is 64.9 Å². The summed E-state index contributed by atoms with van der Waals surface area (Å²) in [5.41, 5.74) is 2.66. The first-order chi connectivity index (χ1) is 12.5. The summed E-state index contributed by atoms with van der Waals surface area (Å²) in [4.78, 5) is 3.61. The standard InChI is InChI=1S/C19H17FN2O2S2/c20-15-5-7-16(8-6-15)26(23,24)21-17-3-1-2-4-18(17)22-11-9-19-14(13-22)10-12-25-19/h1-8,10,12,21H,9,11,13H2. The van der Waals surface area contributed by atoms with Gasteiger partial charge in [-0.3, -0.25) is 4.72 Å². The van der Waals surface area contributed by atoms with Gasteiger partial charge < -0.3 is 4.90 Å². The highest BCUT2D eigenvalue weighted by atomic mass is 32.2. The number of nitrogens with zero attached hydrogens (tertiary/aromatic N) is 1. The van der Waals surface area contributed by atoms with Crippen molar-refractivity contribution in [2.75, 3.05) is 16.2 Å². The normalized spacial score (nSPS) is 14.1. The summed E-state index contributed by atoms with van der Waals surface area (Å²) >= 11 is 1.77. The fraction of sp³-hybridized carbons (Fsp3) is 0.158. The van der Waals surface area contributed by atoms with Crippen LogP contribution < -0.4 is 9.62 Å². The van der Waals surface area contributed by atoms with Gasteiger partial charge >= 0.3 is 0 Å². The van der Waals surface area contributed by atoms with Crippen LogP contribution in [0.2, 0.25) is 0 Å². The number of anilines is 2. The van der Waals surface area contributed by atoms with Crippen molar-refractivity contribution < 1.29 is 12.8 Å². The largest absolute Gasteiger partial charge is 0.365 e. The number of halogens is 1. The SMILES string of the molecule is O=S(=O)(Nc1ccccc1N1CCc2sccc2C1)c1ccc(F)cc1. The average Bonchev–Trinajstić information content (AvgIpc) is 3.10. The van der Waals surface area contributed by atoms with Gasteiger partial charge in [-0.15, -0.1) is 11.3 Å². The van der Waals surface area contributed by atoms with E-state index >= 15 is 0 Å². The van der Waals surface area contributed by atoms with Gasteiger partial charge in [0.15, 0.2) is 0 Å². The summed E-state index contributed by atoms with van der Waals surface area (Å²) in [6.45, 7) is 1.59. The second-order valence-electron chi connectivity index (χ2n) is 6.12. The molecule has 0 spiro atoms. The summed E-state index contributed by atoms with van der Waals surface area (Å²) in [6, 6.07) is 14.3. The number of fused-ring (bicyclic) bond motifs is 1. The third kappa shape index (κ3) is 3.32. The van der Waals surface area contributed by atoms with Crippen LogP contribution in [0.25, 0.3) is 0 Å². The zero-order valence-corrected chi connectivity index (χ0v) is 15.5. The van der Waals surface area contributed by atoms with Gasteiger partial charge in [0.1, 0.15) is 5.82 Å². The van der Waals surface area contributed by atoms with E-state index in [4.69, 9.17) is 0 Å². The van der Waals surface area contributed by atoms with Gasteiger partial charge in [-0.05, 0) is 59.8 Å². The van der Waals surface area contributed by atoms with E-state index in [-0.39, 0.29) is 4.90 Å². The molecular formula is C19H17FN2O2S2. The van der Waals surface area contributed by atoms with Crippen LogP contribution in [0.3, 0.4) is 0 Å². The highest BCUT2D eigenvalue weighted by Gasteiger charge is 2.22. The molecule has 0 bridgehead atoms. The summed E-state index contributed by atoms with van der Waals surface area (Å²) in [5, 5.41) is 2.09. The quantitative estimate of drug-likeness (QED) is 0.727. The highest BCUT2D eigenvalue weighted by molar-refractivity contribution is 7.92. The molecule has 134 valence electrons. The van der Waals surface area contributed by atoms with Crippen LogP contribution in [0, 0.1) is 5.82 Å². The first-order valence-electron chi connectivity index (χ1n) is 8.20. The molecule has 0 amide bonds. The number of benzene rings is 2. The smallest absolute Gasteiger partial charge is 0.261 e. The fourth-order valence-electron chi connectivity index (χ4n) is 3.11. The van der Waals surface area contributed by atoms with Crippen LogP contribution in [-0.4, -0.2) is 15.0 Å². The molecule has 0 fully saturated rings. The van der Waals surface area contributed by atoms with Gasteiger partial charge in [0.05, 0.1) is 16.3 Å². The van der Waals surface area contributed by atoms with Gasteiger partial charge in [-0.2, -0.15) is 0 Å². The molecule has 7 heteroatoms. The van der Waals surface area contributed by atoms with E-state index in [0.29, 0.717) is 5.69 Å². The molecule has 2 heterocycles. The van der Waals surface area contributed by atoms with Gasteiger partial charge in [0.25, 0.3) is 10.0 Å². The van der Waals surface area contributed by atoms with Crippen molar-refractivity contribution in [1.29, 1.82) is 0 Å². The second-order valence-corrected chi connectivity index (χ2v) is 8.80. The van der Waals surface area contributed by atoms with E-state index in [0.717, 1.165) is 37.3 Å². The summed E-state index contributed by atoms with van der Waals surface area (Å²) in [7, 11) is -3.78. The third-order valence-electron chi connectivity index (χ3n) is 4.42.